The molecule has 0 aliphatic carbocycles. The molecule has 0 radical (unpaired) electrons. The number of anilines is 2. The van der Waals surface area contributed by atoms with Crippen LogP contribution in [0, 0.1) is 5.82 Å². The Hall–Kier alpha value is -3.84. The Balaban J connectivity index is 1.43. The highest BCUT2D eigenvalue weighted by Gasteiger charge is 2.18. The molecule has 4 heterocycles. The van der Waals surface area contributed by atoms with Gasteiger partial charge in [0.2, 0.25) is 5.28 Å². The van der Waals surface area contributed by atoms with E-state index in [-0.39, 0.29) is 11.1 Å². The molecule has 2 N–H and O–H groups in total. The molecular weight excluding hydrogens is 403 g/mol. The van der Waals surface area contributed by atoms with Crippen molar-refractivity contribution >= 4 is 35.0 Å². The Kier molecular flexibility index (Phi) is 4.57. The first-order valence-corrected chi connectivity index (χ1v) is 9.50. The predicted molar refractivity (Wildman–Crippen MR) is 117 cm³/mol. The van der Waals surface area contributed by atoms with Gasteiger partial charge in [0.25, 0.3) is 0 Å². The van der Waals surface area contributed by atoms with Gasteiger partial charge in [-0.2, -0.15) is 4.98 Å². The average molecular weight is 417 g/mol. The maximum absolute atomic E-state index is 13.9. The summed E-state index contributed by atoms with van der Waals surface area (Å²) in [7, 11) is 0. The van der Waals surface area contributed by atoms with E-state index in [0.29, 0.717) is 5.69 Å². The number of aliphatic imine (C=N–C) groups is 2. The van der Waals surface area contributed by atoms with Gasteiger partial charge in [0.05, 0.1) is 23.3 Å². The molecule has 146 valence electrons. The van der Waals surface area contributed by atoms with Crippen LogP contribution in [0.15, 0.2) is 88.3 Å². The average Bonchev–Trinajstić information content (AvgIpc) is 3.51. The number of nitrogens with zero attached hydrogens (tertiary/aromatic N) is 4. The number of halogens is 2. The minimum Gasteiger partial charge on any atom is -0.353 e. The van der Waals surface area contributed by atoms with Gasteiger partial charge >= 0.3 is 0 Å². The Morgan fingerprint density at radius 2 is 1.97 bits per heavy atom. The van der Waals surface area contributed by atoms with Gasteiger partial charge in [0.15, 0.2) is 11.6 Å². The topological polar surface area (TPSA) is 78.3 Å². The van der Waals surface area contributed by atoms with E-state index in [2.05, 4.69) is 30.3 Å². The molecule has 0 bridgehead atoms. The van der Waals surface area contributed by atoms with Crippen molar-refractivity contribution in [3.8, 4) is 11.3 Å². The minimum atomic E-state index is -0.581. The van der Waals surface area contributed by atoms with Crippen molar-refractivity contribution in [1.82, 2.24) is 15.0 Å². The SMILES string of the molecule is Fc1cnc(Cl)nc1Nc1cccc(-c2ccc(C3=NC=CC3=C3C=CC=N3)[nH]2)c1. The summed E-state index contributed by atoms with van der Waals surface area (Å²) < 4.78 is 13.9. The fourth-order valence-corrected chi connectivity index (χ4v) is 3.39. The molecule has 2 aromatic heterocycles. The highest BCUT2D eigenvalue weighted by molar-refractivity contribution is 6.28. The van der Waals surface area contributed by atoms with E-state index in [9.17, 15) is 4.39 Å². The molecule has 0 saturated heterocycles. The molecule has 2 aliphatic heterocycles. The van der Waals surface area contributed by atoms with Crippen molar-refractivity contribution in [3.05, 3.63) is 95.1 Å². The molecule has 2 aliphatic rings. The molecule has 30 heavy (non-hydrogen) atoms. The van der Waals surface area contributed by atoms with Crippen molar-refractivity contribution in [2.45, 2.75) is 0 Å². The van der Waals surface area contributed by atoms with Crippen molar-refractivity contribution < 1.29 is 4.39 Å². The maximum atomic E-state index is 13.9. The fraction of sp³-hybridized carbons (Fsp3) is 0. The fourth-order valence-electron chi connectivity index (χ4n) is 3.25. The Bertz CT molecular complexity index is 1280. The zero-order chi connectivity index (χ0) is 20.5. The van der Waals surface area contributed by atoms with Gasteiger partial charge in [-0.1, -0.05) is 12.1 Å². The van der Waals surface area contributed by atoms with Gasteiger partial charge in [-0.25, -0.2) is 9.37 Å². The van der Waals surface area contributed by atoms with Gasteiger partial charge in [0.1, 0.15) is 0 Å². The van der Waals surface area contributed by atoms with Gasteiger partial charge in [-0.3, -0.25) is 9.98 Å². The van der Waals surface area contributed by atoms with Crippen molar-refractivity contribution in [3.63, 3.8) is 0 Å². The number of H-pyrrole nitrogens is 1. The van der Waals surface area contributed by atoms with Crippen LogP contribution in [0.3, 0.4) is 0 Å². The molecule has 8 heteroatoms. The third-order valence-electron chi connectivity index (χ3n) is 4.62. The van der Waals surface area contributed by atoms with Gasteiger partial charge in [-0.15, -0.1) is 0 Å². The Morgan fingerprint density at radius 3 is 2.83 bits per heavy atom. The molecule has 0 unspecified atom stereocenters. The number of aromatic amines is 1. The zero-order valence-corrected chi connectivity index (χ0v) is 16.2. The second-order valence-electron chi connectivity index (χ2n) is 6.56. The van der Waals surface area contributed by atoms with E-state index in [1.54, 1.807) is 12.4 Å². The van der Waals surface area contributed by atoms with Crippen LogP contribution in [-0.2, 0) is 0 Å². The number of hydrogen-bond acceptors (Lipinski definition) is 5. The van der Waals surface area contributed by atoms with Gasteiger partial charge in [0, 0.05) is 29.4 Å². The first kappa shape index (κ1) is 18.2. The van der Waals surface area contributed by atoms with Crippen LogP contribution in [-0.4, -0.2) is 26.9 Å². The van der Waals surface area contributed by atoms with E-state index in [4.69, 9.17) is 11.6 Å². The van der Waals surface area contributed by atoms with Crippen LogP contribution in [0.5, 0.6) is 0 Å². The van der Waals surface area contributed by atoms with Crippen LogP contribution in [0.1, 0.15) is 5.69 Å². The first-order chi connectivity index (χ1) is 14.7. The van der Waals surface area contributed by atoms with Crippen LogP contribution in [0.25, 0.3) is 11.3 Å². The number of nitrogens with one attached hydrogen (secondary N) is 2. The van der Waals surface area contributed by atoms with E-state index in [1.807, 2.05) is 54.6 Å². The highest BCUT2D eigenvalue weighted by atomic mass is 35.5. The lowest BCUT2D eigenvalue weighted by molar-refractivity contribution is 0.619. The zero-order valence-electron chi connectivity index (χ0n) is 15.5. The third-order valence-corrected chi connectivity index (χ3v) is 4.80. The standard InChI is InChI=1S/C22H14ClFN6/c23-22-27-12-16(24)21(30-22)28-14-4-1-3-13(11-14)17-6-7-19(29-17)20-15(8-10-26-20)18-5-2-9-25-18/h1-12,29H,(H,27,28,30). The van der Waals surface area contributed by atoms with Crippen LogP contribution >= 0.6 is 11.6 Å². The molecule has 0 saturated carbocycles. The lowest BCUT2D eigenvalue weighted by Gasteiger charge is -2.08. The van der Waals surface area contributed by atoms with E-state index >= 15 is 0 Å². The van der Waals surface area contributed by atoms with E-state index < -0.39 is 5.82 Å². The summed E-state index contributed by atoms with van der Waals surface area (Å²) in [4.78, 5) is 19.8. The van der Waals surface area contributed by atoms with Crippen molar-refractivity contribution in [1.29, 1.82) is 0 Å². The number of allylic oxidation sites excluding steroid dienone is 4. The smallest absolute Gasteiger partial charge is 0.224 e. The normalized spacial score (nSPS) is 17.1. The number of rotatable bonds is 4. The quantitative estimate of drug-likeness (QED) is 0.572. The third kappa shape index (κ3) is 3.46. The van der Waals surface area contributed by atoms with Crippen LogP contribution in [0.4, 0.5) is 15.9 Å². The van der Waals surface area contributed by atoms with E-state index in [0.717, 1.165) is 40.1 Å². The van der Waals surface area contributed by atoms with E-state index in [1.165, 1.54) is 0 Å². The molecule has 5 rings (SSSR count). The highest BCUT2D eigenvalue weighted by Crippen LogP contribution is 2.28. The van der Waals surface area contributed by atoms with Crippen LogP contribution < -0.4 is 5.32 Å². The van der Waals surface area contributed by atoms with Gasteiger partial charge in [-0.05, 0) is 59.7 Å². The minimum absolute atomic E-state index is 0.0205. The largest absolute Gasteiger partial charge is 0.353 e. The lowest BCUT2D eigenvalue weighted by atomic mass is 10.1. The van der Waals surface area contributed by atoms with Crippen molar-refractivity contribution in [2.75, 3.05) is 5.32 Å². The number of benzene rings is 1. The van der Waals surface area contributed by atoms with Gasteiger partial charge < -0.3 is 10.3 Å². The molecule has 0 fully saturated rings. The lowest BCUT2D eigenvalue weighted by Crippen LogP contribution is -2.02. The summed E-state index contributed by atoms with van der Waals surface area (Å²) in [6, 6.07) is 11.5. The molecule has 0 amide bonds. The molecule has 0 spiro atoms. The number of hydrogen-bond donors (Lipinski definition) is 2. The molecule has 1 aromatic carbocycles. The number of aromatic nitrogens is 3. The molecule has 3 aromatic rings. The molecular formula is C22H14ClFN6. The summed E-state index contributed by atoms with van der Waals surface area (Å²) in [5, 5.41) is 2.91. The summed E-state index contributed by atoms with van der Waals surface area (Å²) in [5.74, 6) is -0.560. The second-order valence-corrected chi connectivity index (χ2v) is 6.89. The first-order valence-electron chi connectivity index (χ1n) is 9.12. The second kappa shape index (κ2) is 7.53. The molecule has 0 atom stereocenters. The van der Waals surface area contributed by atoms with Crippen LogP contribution in [0.2, 0.25) is 5.28 Å². The summed E-state index contributed by atoms with van der Waals surface area (Å²) >= 11 is 5.77. The summed E-state index contributed by atoms with van der Waals surface area (Å²) in [5.41, 5.74) is 6.08. The monoisotopic (exact) mass is 416 g/mol. The summed E-state index contributed by atoms with van der Waals surface area (Å²) in [6.45, 7) is 0. The summed E-state index contributed by atoms with van der Waals surface area (Å²) in [6.07, 6.45) is 10.4. The Labute approximate surface area is 176 Å². The Morgan fingerprint density at radius 1 is 1.07 bits per heavy atom. The van der Waals surface area contributed by atoms with Crippen molar-refractivity contribution in [2.24, 2.45) is 9.98 Å². The predicted octanol–water partition coefficient (Wildman–Crippen LogP) is 5.22. The maximum Gasteiger partial charge on any atom is 0.224 e. The molecule has 6 nitrogen and oxygen atoms in total.